The summed E-state index contributed by atoms with van der Waals surface area (Å²) < 4.78 is 10.4. The summed E-state index contributed by atoms with van der Waals surface area (Å²) in [5.74, 6) is -0.677. The highest BCUT2D eigenvalue weighted by Crippen LogP contribution is 2.22. The summed E-state index contributed by atoms with van der Waals surface area (Å²) in [5, 5.41) is 11.7. The molecular weight excluding hydrogens is 362 g/mol. The molecule has 0 radical (unpaired) electrons. The van der Waals surface area contributed by atoms with Crippen LogP contribution < -0.4 is 5.63 Å². The van der Waals surface area contributed by atoms with Gasteiger partial charge in [-0.15, -0.1) is 0 Å². The van der Waals surface area contributed by atoms with E-state index in [1.807, 2.05) is 19.9 Å². The zero-order valence-electron chi connectivity index (χ0n) is 15.3. The first-order valence-corrected chi connectivity index (χ1v) is 8.47. The van der Waals surface area contributed by atoms with Crippen LogP contribution in [0.5, 0.6) is 0 Å². The van der Waals surface area contributed by atoms with E-state index in [9.17, 15) is 19.7 Å². The minimum Gasteiger partial charge on any atom is -0.458 e. The SMILES string of the molecule is Cc1cc2oc(=O)cc(COC(=O)/C=C/c3ccccc3[N+](=O)[O-])c2cc1C. The van der Waals surface area contributed by atoms with Crippen molar-refractivity contribution in [2.24, 2.45) is 0 Å². The van der Waals surface area contributed by atoms with Gasteiger partial charge in [-0.2, -0.15) is 0 Å². The lowest BCUT2D eigenvalue weighted by Crippen LogP contribution is -2.06. The van der Waals surface area contributed by atoms with Gasteiger partial charge in [-0.3, -0.25) is 10.1 Å². The van der Waals surface area contributed by atoms with E-state index in [-0.39, 0.29) is 12.3 Å². The van der Waals surface area contributed by atoms with E-state index in [4.69, 9.17) is 9.15 Å². The molecule has 1 heterocycles. The number of carbonyl (C=O) groups excluding carboxylic acids is 1. The van der Waals surface area contributed by atoms with Crippen molar-refractivity contribution in [1.82, 2.24) is 0 Å². The van der Waals surface area contributed by atoms with E-state index < -0.39 is 16.5 Å². The molecule has 0 aliphatic carbocycles. The fraction of sp³-hybridized carbons (Fsp3) is 0.143. The van der Waals surface area contributed by atoms with Crippen molar-refractivity contribution in [3.63, 3.8) is 0 Å². The Kier molecular flexibility index (Phi) is 5.35. The fourth-order valence-electron chi connectivity index (χ4n) is 2.75. The summed E-state index contributed by atoms with van der Waals surface area (Å²) in [6, 6.07) is 11.0. The molecule has 0 aliphatic heterocycles. The lowest BCUT2D eigenvalue weighted by Gasteiger charge is -2.08. The molecule has 142 valence electrons. The Labute approximate surface area is 160 Å². The van der Waals surface area contributed by atoms with Gasteiger partial charge < -0.3 is 9.15 Å². The summed E-state index contributed by atoms with van der Waals surface area (Å²) in [6.07, 6.45) is 2.44. The molecule has 28 heavy (non-hydrogen) atoms. The van der Waals surface area contributed by atoms with Crippen molar-refractivity contribution < 1.29 is 18.9 Å². The number of rotatable bonds is 5. The summed E-state index contributed by atoms with van der Waals surface area (Å²) >= 11 is 0. The van der Waals surface area contributed by atoms with Crippen LogP contribution in [0.2, 0.25) is 0 Å². The maximum Gasteiger partial charge on any atom is 0.336 e. The molecule has 2 aromatic carbocycles. The van der Waals surface area contributed by atoms with Crippen LogP contribution in [0.3, 0.4) is 0 Å². The molecule has 3 aromatic rings. The Morgan fingerprint density at radius 2 is 1.89 bits per heavy atom. The first kappa shape index (κ1) is 19.0. The zero-order valence-corrected chi connectivity index (χ0v) is 15.3. The number of aryl methyl sites for hydroxylation is 2. The van der Waals surface area contributed by atoms with E-state index in [0.717, 1.165) is 17.2 Å². The third-order valence-corrected chi connectivity index (χ3v) is 4.35. The van der Waals surface area contributed by atoms with Crippen molar-refractivity contribution in [3.8, 4) is 0 Å². The number of nitro groups is 1. The van der Waals surface area contributed by atoms with Gasteiger partial charge in [0.25, 0.3) is 5.69 Å². The maximum absolute atomic E-state index is 12.0. The van der Waals surface area contributed by atoms with Gasteiger partial charge in [0.05, 0.1) is 10.5 Å². The van der Waals surface area contributed by atoms with Crippen LogP contribution in [-0.4, -0.2) is 10.9 Å². The quantitative estimate of drug-likeness (QED) is 0.218. The third kappa shape index (κ3) is 4.15. The van der Waals surface area contributed by atoms with Crippen LogP contribution in [0, 0.1) is 24.0 Å². The number of ether oxygens (including phenoxy) is 1. The van der Waals surface area contributed by atoms with Crippen LogP contribution in [0.15, 0.2) is 57.8 Å². The molecule has 0 unspecified atom stereocenters. The highest BCUT2D eigenvalue weighted by molar-refractivity contribution is 5.88. The van der Waals surface area contributed by atoms with Crippen LogP contribution in [0.1, 0.15) is 22.3 Å². The molecule has 7 heteroatoms. The minimum atomic E-state index is -0.677. The number of fused-ring (bicyclic) bond motifs is 1. The second-order valence-electron chi connectivity index (χ2n) is 6.28. The highest BCUT2D eigenvalue weighted by Gasteiger charge is 2.11. The molecule has 0 bridgehead atoms. The molecule has 0 amide bonds. The Morgan fingerprint density at radius 1 is 1.18 bits per heavy atom. The molecule has 0 N–H and O–H groups in total. The summed E-state index contributed by atoms with van der Waals surface area (Å²) in [4.78, 5) is 34.3. The largest absolute Gasteiger partial charge is 0.458 e. The van der Waals surface area contributed by atoms with Gasteiger partial charge in [0.1, 0.15) is 12.2 Å². The summed E-state index contributed by atoms with van der Waals surface area (Å²) in [5.41, 5.74) is 2.61. The van der Waals surface area contributed by atoms with Gasteiger partial charge >= 0.3 is 11.6 Å². The van der Waals surface area contributed by atoms with Gasteiger partial charge in [0.2, 0.25) is 0 Å². The number of esters is 1. The van der Waals surface area contributed by atoms with Crippen molar-refractivity contribution in [1.29, 1.82) is 0 Å². The molecule has 1 aromatic heterocycles. The second kappa shape index (κ2) is 7.87. The predicted molar refractivity (Wildman–Crippen MR) is 104 cm³/mol. The zero-order chi connectivity index (χ0) is 20.3. The standard InChI is InChI=1S/C21H17NO6/c1-13-9-17-16(11-21(24)28-19(17)10-14(13)2)12-27-20(23)8-7-15-5-3-4-6-18(15)22(25)26/h3-11H,12H2,1-2H3/b8-7+. The van der Waals surface area contributed by atoms with Crippen LogP contribution in [-0.2, 0) is 16.1 Å². The highest BCUT2D eigenvalue weighted by atomic mass is 16.6. The first-order chi connectivity index (χ1) is 13.3. The predicted octanol–water partition coefficient (Wildman–Crippen LogP) is 4.07. The van der Waals surface area contributed by atoms with E-state index in [2.05, 4.69) is 0 Å². The minimum absolute atomic E-state index is 0.107. The number of carbonyl (C=O) groups is 1. The average molecular weight is 379 g/mol. The average Bonchev–Trinajstić information content (AvgIpc) is 2.66. The van der Waals surface area contributed by atoms with Crippen molar-refractivity contribution in [3.05, 3.63) is 91.3 Å². The molecule has 0 fully saturated rings. The number of benzene rings is 2. The van der Waals surface area contributed by atoms with E-state index in [0.29, 0.717) is 22.1 Å². The smallest absolute Gasteiger partial charge is 0.336 e. The fourth-order valence-corrected chi connectivity index (χ4v) is 2.75. The molecule has 0 saturated carbocycles. The Morgan fingerprint density at radius 3 is 2.64 bits per heavy atom. The Bertz CT molecular complexity index is 1160. The summed E-state index contributed by atoms with van der Waals surface area (Å²) in [6.45, 7) is 3.73. The maximum atomic E-state index is 12.0. The van der Waals surface area contributed by atoms with Crippen molar-refractivity contribution in [2.75, 3.05) is 0 Å². The second-order valence-corrected chi connectivity index (χ2v) is 6.28. The number of nitrogens with zero attached hydrogens (tertiary/aromatic N) is 1. The van der Waals surface area contributed by atoms with Gasteiger partial charge in [-0.05, 0) is 49.2 Å². The monoisotopic (exact) mass is 379 g/mol. The van der Waals surface area contributed by atoms with Crippen LogP contribution in [0.25, 0.3) is 17.0 Å². The Hall–Kier alpha value is -3.74. The van der Waals surface area contributed by atoms with Crippen molar-refractivity contribution in [2.45, 2.75) is 20.5 Å². The lowest BCUT2D eigenvalue weighted by atomic mass is 10.0. The Balaban J connectivity index is 1.79. The molecule has 0 saturated heterocycles. The van der Waals surface area contributed by atoms with E-state index in [1.54, 1.807) is 18.2 Å². The van der Waals surface area contributed by atoms with E-state index in [1.165, 1.54) is 24.3 Å². The van der Waals surface area contributed by atoms with E-state index >= 15 is 0 Å². The number of hydrogen-bond donors (Lipinski definition) is 0. The molecule has 0 atom stereocenters. The van der Waals surface area contributed by atoms with Crippen molar-refractivity contribution >= 4 is 28.7 Å². The number of hydrogen-bond acceptors (Lipinski definition) is 6. The number of para-hydroxylation sites is 1. The molecule has 7 nitrogen and oxygen atoms in total. The van der Waals surface area contributed by atoms with Crippen LogP contribution >= 0.6 is 0 Å². The molecular formula is C21H17NO6. The topological polar surface area (TPSA) is 99.7 Å². The number of nitro benzene ring substituents is 1. The normalized spacial score (nSPS) is 11.1. The molecule has 3 rings (SSSR count). The van der Waals surface area contributed by atoms with Gasteiger partial charge in [-0.25, -0.2) is 9.59 Å². The van der Waals surface area contributed by atoms with Crippen LogP contribution in [0.4, 0.5) is 5.69 Å². The van der Waals surface area contributed by atoms with Gasteiger partial charge in [-0.1, -0.05) is 12.1 Å². The van der Waals surface area contributed by atoms with Gasteiger partial charge in [0.15, 0.2) is 0 Å². The van der Waals surface area contributed by atoms with Gasteiger partial charge in [0, 0.05) is 29.2 Å². The molecule has 0 aliphatic rings. The first-order valence-electron chi connectivity index (χ1n) is 8.47. The summed E-state index contributed by atoms with van der Waals surface area (Å²) in [7, 11) is 0. The molecule has 0 spiro atoms. The third-order valence-electron chi connectivity index (χ3n) is 4.35. The lowest BCUT2D eigenvalue weighted by molar-refractivity contribution is -0.385.